The van der Waals surface area contributed by atoms with Crippen LogP contribution in [0.2, 0.25) is 10.0 Å². The molecule has 0 aliphatic rings. The van der Waals surface area contributed by atoms with E-state index in [2.05, 4.69) is 20.3 Å². The van der Waals surface area contributed by atoms with Crippen molar-refractivity contribution in [1.29, 1.82) is 0 Å². The van der Waals surface area contributed by atoms with Crippen molar-refractivity contribution in [1.82, 2.24) is 15.0 Å². The van der Waals surface area contributed by atoms with E-state index in [4.69, 9.17) is 23.2 Å². The molecule has 0 aliphatic carbocycles. The molecule has 0 unspecified atom stereocenters. The SMILES string of the molecule is Cc1cc(Nc2ccc(Cl)c(Cl)c2)c2c(ccc3ncnc32)[nH]1.Cl.O. The number of rotatable bonds is 2. The van der Waals surface area contributed by atoms with Gasteiger partial charge in [-0.25, -0.2) is 9.97 Å². The van der Waals surface area contributed by atoms with Crippen molar-refractivity contribution >= 4 is 68.9 Å². The van der Waals surface area contributed by atoms with Crippen molar-refractivity contribution in [2.75, 3.05) is 5.32 Å². The minimum Gasteiger partial charge on any atom is -0.412 e. The molecule has 0 fully saturated rings. The molecule has 0 spiro atoms. The van der Waals surface area contributed by atoms with E-state index in [1.807, 2.05) is 31.2 Å². The van der Waals surface area contributed by atoms with Gasteiger partial charge in [0.15, 0.2) is 0 Å². The van der Waals surface area contributed by atoms with Crippen LogP contribution in [-0.4, -0.2) is 20.4 Å². The minimum atomic E-state index is 0. The molecule has 4 N–H and O–H groups in total. The molecular formula is C17H15Cl3N4O. The molecule has 2 aromatic heterocycles. The Morgan fingerprint density at radius 3 is 2.56 bits per heavy atom. The summed E-state index contributed by atoms with van der Waals surface area (Å²) in [5.74, 6) is 0. The van der Waals surface area contributed by atoms with Crippen LogP contribution in [0.5, 0.6) is 0 Å². The smallest absolute Gasteiger partial charge is 0.116 e. The van der Waals surface area contributed by atoms with Crippen molar-refractivity contribution in [3.05, 3.63) is 58.5 Å². The summed E-state index contributed by atoms with van der Waals surface area (Å²) in [5, 5.41) is 5.45. The van der Waals surface area contributed by atoms with E-state index in [9.17, 15) is 0 Å². The second-order valence-corrected chi connectivity index (χ2v) is 6.16. The molecule has 0 saturated carbocycles. The Balaban J connectivity index is 0.00000113. The quantitative estimate of drug-likeness (QED) is 0.495. The number of benzene rings is 2. The number of anilines is 2. The van der Waals surface area contributed by atoms with Crippen molar-refractivity contribution in [2.24, 2.45) is 0 Å². The van der Waals surface area contributed by atoms with Crippen LogP contribution in [-0.2, 0) is 0 Å². The topological polar surface area (TPSA) is 85.1 Å². The second-order valence-electron chi connectivity index (χ2n) is 5.35. The first-order chi connectivity index (χ1) is 11.1. The Labute approximate surface area is 160 Å². The van der Waals surface area contributed by atoms with Gasteiger partial charge in [-0.2, -0.15) is 0 Å². The monoisotopic (exact) mass is 396 g/mol. The number of aryl methyl sites for hydroxylation is 1. The average Bonchev–Trinajstić information content (AvgIpc) is 2.99. The Kier molecular flexibility index (Phi) is 5.75. The van der Waals surface area contributed by atoms with E-state index in [1.54, 1.807) is 18.5 Å². The molecule has 4 rings (SSSR count). The highest BCUT2D eigenvalue weighted by atomic mass is 35.5. The molecule has 0 aliphatic heterocycles. The normalized spacial score (nSPS) is 10.4. The first kappa shape index (κ1) is 19.3. The number of halogens is 3. The van der Waals surface area contributed by atoms with Crippen LogP contribution in [0.25, 0.3) is 21.9 Å². The van der Waals surface area contributed by atoms with Crippen LogP contribution >= 0.6 is 35.6 Å². The Bertz CT molecular complexity index is 1050. The summed E-state index contributed by atoms with van der Waals surface area (Å²) in [6, 6.07) is 11.5. The van der Waals surface area contributed by atoms with Crippen LogP contribution < -0.4 is 5.32 Å². The van der Waals surface area contributed by atoms with E-state index >= 15 is 0 Å². The summed E-state index contributed by atoms with van der Waals surface area (Å²) < 4.78 is 0. The summed E-state index contributed by atoms with van der Waals surface area (Å²) in [6.07, 6.45) is 1.58. The highest BCUT2D eigenvalue weighted by Crippen LogP contribution is 2.33. The molecule has 0 amide bonds. The molecular weight excluding hydrogens is 383 g/mol. The number of aromatic amines is 1. The lowest BCUT2D eigenvalue weighted by Crippen LogP contribution is -1.95. The zero-order chi connectivity index (χ0) is 16.0. The third kappa shape index (κ3) is 3.50. The van der Waals surface area contributed by atoms with Gasteiger partial charge in [0.1, 0.15) is 11.8 Å². The number of hydrogen-bond acceptors (Lipinski definition) is 3. The first-order valence-corrected chi connectivity index (χ1v) is 7.82. The van der Waals surface area contributed by atoms with Crippen molar-refractivity contribution in [2.45, 2.75) is 6.92 Å². The van der Waals surface area contributed by atoms with Crippen LogP contribution in [0.4, 0.5) is 11.4 Å². The highest BCUT2D eigenvalue weighted by Gasteiger charge is 2.10. The van der Waals surface area contributed by atoms with E-state index in [0.717, 1.165) is 39.0 Å². The maximum atomic E-state index is 6.11. The van der Waals surface area contributed by atoms with Gasteiger partial charge in [-0.05, 0) is 43.3 Å². The third-order valence-electron chi connectivity index (χ3n) is 3.70. The van der Waals surface area contributed by atoms with Gasteiger partial charge in [-0.1, -0.05) is 23.2 Å². The Morgan fingerprint density at radius 1 is 1.00 bits per heavy atom. The van der Waals surface area contributed by atoms with Crippen LogP contribution in [0, 0.1) is 6.92 Å². The van der Waals surface area contributed by atoms with E-state index in [1.165, 1.54) is 0 Å². The Hall–Kier alpha value is -2.05. The minimum absolute atomic E-state index is 0. The molecule has 2 aromatic carbocycles. The molecule has 0 atom stereocenters. The van der Waals surface area contributed by atoms with Gasteiger partial charge < -0.3 is 15.8 Å². The number of imidazole rings is 1. The molecule has 0 radical (unpaired) electrons. The number of nitrogens with zero attached hydrogens (tertiary/aromatic N) is 2. The van der Waals surface area contributed by atoms with Crippen LogP contribution in [0.3, 0.4) is 0 Å². The summed E-state index contributed by atoms with van der Waals surface area (Å²) >= 11 is 12.1. The van der Waals surface area contributed by atoms with E-state index in [0.29, 0.717) is 10.0 Å². The second kappa shape index (κ2) is 7.45. The average molecular weight is 398 g/mol. The van der Waals surface area contributed by atoms with Crippen molar-refractivity contribution < 1.29 is 5.48 Å². The van der Waals surface area contributed by atoms with Gasteiger partial charge in [0.2, 0.25) is 0 Å². The predicted octanol–water partition coefficient (Wildman–Crippen LogP) is 5.07. The summed E-state index contributed by atoms with van der Waals surface area (Å²) in [5.41, 5.74) is 5.58. The van der Waals surface area contributed by atoms with Crippen molar-refractivity contribution in [3.8, 4) is 0 Å². The van der Waals surface area contributed by atoms with Gasteiger partial charge in [-0.15, -0.1) is 12.4 Å². The largest absolute Gasteiger partial charge is 0.412 e. The molecule has 130 valence electrons. The molecule has 25 heavy (non-hydrogen) atoms. The van der Waals surface area contributed by atoms with Gasteiger partial charge >= 0.3 is 0 Å². The van der Waals surface area contributed by atoms with E-state index in [-0.39, 0.29) is 17.9 Å². The standard InChI is InChI=1S/C17H12Cl2N4.ClH.H2O/c1-9-6-15(23-10-2-3-11(18)12(19)7-10)16-13(22-9)4-5-14-17(16)21-8-20-14;;/h2-8,22-23H,1H3;1H;1H2. The van der Waals surface area contributed by atoms with Gasteiger partial charge in [0.25, 0.3) is 0 Å². The lowest BCUT2D eigenvalue weighted by molar-refractivity contribution is 0.824. The van der Waals surface area contributed by atoms with Crippen LogP contribution in [0.15, 0.2) is 42.7 Å². The fraction of sp³-hybridized carbons (Fsp3) is 0.0588. The number of hydrogen-bond donors (Lipinski definition) is 2. The molecule has 5 nitrogen and oxygen atoms in total. The number of pyridine rings is 1. The molecule has 0 saturated heterocycles. The maximum Gasteiger partial charge on any atom is 0.116 e. The summed E-state index contributed by atoms with van der Waals surface area (Å²) in [6.45, 7) is 2.01. The summed E-state index contributed by atoms with van der Waals surface area (Å²) in [4.78, 5) is 12.0. The number of nitrogens with one attached hydrogen (secondary N) is 2. The summed E-state index contributed by atoms with van der Waals surface area (Å²) in [7, 11) is 0. The third-order valence-corrected chi connectivity index (χ3v) is 4.44. The zero-order valence-electron chi connectivity index (χ0n) is 13.1. The lowest BCUT2D eigenvalue weighted by atomic mass is 10.1. The highest BCUT2D eigenvalue weighted by molar-refractivity contribution is 6.42. The molecule has 4 aromatic rings. The number of fused-ring (bicyclic) bond motifs is 3. The number of H-pyrrole nitrogens is 1. The fourth-order valence-electron chi connectivity index (χ4n) is 2.71. The lowest BCUT2D eigenvalue weighted by Gasteiger charge is -2.12. The van der Waals surface area contributed by atoms with Gasteiger partial charge in [-0.3, -0.25) is 0 Å². The number of aromatic nitrogens is 3. The van der Waals surface area contributed by atoms with E-state index < -0.39 is 0 Å². The van der Waals surface area contributed by atoms with Gasteiger partial charge in [0, 0.05) is 22.3 Å². The Morgan fingerprint density at radius 2 is 1.80 bits per heavy atom. The molecule has 8 heteroatoms. The van der Waals surface area contributed by atoms with Crippen LogP contribution in [0.1, 0.15) is 5.69 Å². The van der Waals surface area contributed by atoms with Crippen molar-refractivity contribution in [3.63, 3.8) is 0 Å². The maximum absolute atomic E-state index is 6.11. The predicted molar refractivity (Wildman–Crippen MR) is 107 cm³/mol. The van der Waals surface area contributed by atoms with Gasteiger partial charge in [0.05, 0.1) is 21.2 Å². The fourth-order valence-corrected chi connectivity index (χ4v) is 3.00. The molecule has 0 bridgehead atoms. The molecule has 2 heterocycles. The zero-order valence-corrected chi connectivity index (χ0v) is 15.4. The first-order valence-electron chi connectivity index (χ1n) is 7.07.